The van der Waals surface area contributed by atoms with Crippen molar-refractivity contribution in [3.8, 4) is 0 Å². The van der Waals surface area contributed by atoms with Crippen molar-refractivity contribution < 1.29 is 9.84 Å². The third-order valence-corrected chi connectivity index (χ3v) is 5.47. The molecule has 2 nitrogen and oxygen atoms in total. The summed E-state index contributed by atoms with van der Waals surface area (Å²) in [6, 6.07) is 8.50. The molecule has 116 valence electrons. The van der Waals surface area contributed by atoms with Crippen LogP contribution in [0.15, 0.2) is 24.3 Å². The average molecular weight is 288 g/mol. The van der Waals surface area contributed by atoms with Gasteiger partial charge in [0.15, 0.2) is 0 Å². The topological polar surface area (TPSA) is 29.5 Å². The molecule has 2 fully saturated rings. The van der Waals surface area contributed by atoms with E-state index in [2.05, 4.69) is 24.3 Å². The fourth-order valence-electron chi connectivity index (χ4n) is 4.07. The van der Waals surface area contributed by atoms with E-state index in [4.69, 9.17) is 4.74 Å². The molecule has 3 rings (SSSR count). The first kappa shape index (κ1) is 15.1. The molecule has 2 aliphatic rings. The van der Waals surface area contributed by atoms with E-state index in [-0.39, 0.29) is 5.60 Å². The second-order valence-corrected chi connectivity index (χ2v) is 6.72. The van der Waals surface area contributed by atoms with Crippen LogP contribution >= 0.6 is 0 Å². The van der Waals surface area contributed by atoms with E-state index in [0.29, 0.717) is 12.5 Å². The highest BCUT2D eigenvalue weighted by Gasteiger charge is 2.42. The summed E-state index contributed by atoms with van der Waals surface area (Å²) in [5.74, 6) is 0.651. The van der Waals surface area contributed by atoms with E-state index >= 15 is 0 Å². The first-order valence-electron chi connectivity index (χ1n) is 8.68. The predicted octanol–water partition coefficient (Wildman–Crippen LogP) is 4.73. The van der Waals surface area contributed by atoms with Gasteiger partial charge in [-0.3, -0.25) is 0 Å². The van der Waals surface area contributed by atoms with Crippen molar-refractivity contribution in [1.29, 1.82) is 0 Å². The van der Waals surface area contributed by atoms with Crippen LogP contribution in [0.5, 0.6) is 0 Å². The third kappa shape index (κ3) is 2.89. The molecule has 1 unspecified atom stereocenters. The van der Waals surface area contributed by atoms with Crippen molar-refractivity contribution in [2.45, 2.75) is 75.9 Å². The Kier molecular flexibility index (Phi) is 4.66. The Morgan fingerprint density at radius 1 is 1.14 bits per heavy atom. The zero-order valence-corrected chi connectivity index (χ0v) is 13.2. The van der Waals surface area contributed by atoms with Gasteiger partial charge in [-0.15, -0.1) is 0 Å². The van der Waals surface area contributed by atoms with Crippen molar-refractivity contribution in [3.05, 3.63) is 35.4 Å². The molecular weight excluding hydrogens is 260 g/mol. The summed E-state index contributed by atoms with van der Waals surface area (Å²) in [6.07, 6.45) is 8.97. The molecule has 1 atom stereocenters. The van der Waals surface area contributed by atoms with Gasteiger partial charge in [0.2, 0.25) is 0 Å². The number of benzene rings is 1. The van der Waals surface area contributed by atoms with Crippen molar-refractivity contribution in [3.63, 3.8) is 0 Å². The van der Waals surface area contributed by atoms with Gasteiger partial charge in [0.1, 0.15) is 6.10 Å². The van der Waals surface area contributed by atoms with Crippen molar-refractivity contribution in [1.82, 2.24) is 0 Å². The standard InChI is InChI=1S/C19H28O2/c1-2-21-19(13-6-3-7-14-19)18(20)17-12-5-4-11-16(17)15-9-8-10-15/h4-5,11-12,15,18,20H,2-3,6-10,13-14H2,1H3. The fourth-order valence-corrected chi connectivity index (χ4v) is 4.07. The molecule has 0 aromatic heterocycles. The van der Waals surface area contributed by atoms with E-state index < -0.39 is 6.10 Å². The summed E-state index contributed by atoms with van der Waals surface area (Å²) < 4.78 is 6.12. The summed E-state index contributed by atoms with van der Waals surface area (Å²) >= 11 is 0. The van der Waals surface area contributed by atoms with Gasteiger partial charge in [0, 0.05) is 6.61 Å². The smallest absolute Gasteiger partial charge is 0.108 e. The van der Waals surface area contributed by atoms with Crippen LogP contribution in [-0.2, 0) is 4.74 Å². The average Bonchev–Trinajstić information content (AvgIpc) is 2.47. The molecule has 2 heteroatoms. The zero-order valence-electron chi connectivity index (χ0n) is 13.2. The monoisotopic (exact) mass is 288 g/mol. The van der Waals surface area contributed by atoms with Gasteiger partial charge in [-0.25, -0.2) is 0 Å². The Bertz CT molecular complexity index is 453. The molecule has 2 aliphatic carbocycles. The van der Waals surface area contributed by atoms with Crippen LogP contribution in [0.2, 0.25) is 0 Å². The minimum absolute atomic E-state index is 0.354. The van der Waals surface area contributed by atoms with E-state index in [0.717, 1.165) is 18.4 Å². The Hall–Kier alpha value is -0.860. The minimum atomic E-state index is -0.477. The number of ether oxygens (including phenoxy) is 1. The molecule has 0 saturated heterocycles. The van der Waals surface area contributed by atoms with Crippen LogP contribution in [0.4, 0.5) is 0 Å². The number of hydrogen-bond acceptors (Lipinski definition) is 2. The summed E-state index contributed by atoms with van der Waals surface area (Å²) in [5, 5.41) is 11.2. The highest BCUT2D eigenvalue weighted by molar-refractivity contribution is 5.35. The molecule has 1 N–H and O–H groups in total. The van der Waals surface area contributed by atoms with Crippen molar-refractivity contribution in [2.75, 3.05) is 6.61 Å². The molecule has 1 aromatic rings. The molecule has 0 heterocycles. The van der Waals surface area contributed by atoms with Crippen LogP contribution in [-0.4, -0.2) is 17.3 Å². The summed E-state index contributed by atoms with van der Waals surface area (Å²) in [7, 11) is 0. The quantitative estimate of drug-likeness (QED) is 0.849. The predicted molar refractivity (Wildman–Crippen MR) is 85.4 cm³/mol. The summed E-state index contributed by atoms with van der Waals surface area (Å²) in [6.45, 7) is 2.73. The Morgan fingerprint density at radius 3 is 2.48 bits per heavy atom. The highest BCUT2D eigenvalue weighted by atomic mass is 16.5. The molecule has 0 bridgehead atoms. The van der Waals surface area contributed by atoms with Gasteiger partial charge in [0.05, 0.1) is 5.60 Å². The Labute approximate surface area is 128 Å². The molecule has 21 heavy (non-hydrogen) atoms. The van der Waals surface area contributed by atoms with Crippen LogP contribution in [0.3, 0.4) is 0 Å². The SMILES string of the molecule is CCOC1(C(O)c2ccccc2C2CCC2)CCCCC1. The lowest BCUT2D eigenvalue weighted by atomic mass is 9.73. The Morgan fingerprint density at radius 2 is 1.86 bits per heavy atom. The number of aliphatic hydroxyl groups is 1. The molecule has 0 radical (unpaired) electrons. The first-order valence-corrected chi connectivity index (χ1v) is 8.68. The molecular formula is C19H28O2. The van der Waals surface area contributed by atoms with Gasteiger partial charge in [-0.05, 0) is 49.7 Å². The number of aliphatic hydroxyl groups excluding tert-OH is 1. The highest BCUT2D eigenvalue weighted by Crippen LogP contribution is 2.46. The van der Waals surface area contributed by atoms with Gasteiger partial charge < -0.3 is 9.84 Å². The minimum Gasteiger partial charge on any atom is -0.385 e. The van der Waals surface area contributed by atoms with Crippen molar-refractivity contribution >= 4 is 0 Å². The maximum atomic E-state index is 11.2. The second kappa shape index (κ2) is 6.50. The first-order chi connectivity index (χ1) is 10.3. The maximum Gasteiger partial charge on any atom is 0.108 e. The van der Waals surface area contributed by atoms with Gasteiger partial charge in [-0.2, -0.15) is 0 Å². The lowest BCUT2D eigenvalue weighted by Gasteiger charge is -2.42. The van der Waals surface area contributed by atoms with E-state index in [1.165, 1.54) is 44.1 Å². The molecule has 0 aliphatic heterocycles. The van der Waals surface area contributed by atoms with Gasteiger partial charge in [0.25, 0.3) is 0 Å². The molecule has 0 spiro atoms. The molecule has 0 amide bonds. The van der Waals surface area contributed by atoms with E-state index in [1.807, 2.05) is 6.92 Å². The third-order valence-electron chi connectivity index (χ3n) is 5.47. The number of rotatable bonds is 5. The molecule has 2 saturated carbocycles. The lowest BCUT2D eigenvalue weighted by Crippen LogP contribution is -2.42. The van der Waals surface area contributed by atoms with Gasteiger partial charge in [-0.1, -0.05) is 49.9 Å². The van der Waals surface area contributed by atoms with Crippen LogP contribution in [0.25, 0.3) is 0 Å². The zero-order chi connectivity index (χ0) is 14.7. The summed E-state index contributed by atoms with van der Waals surface area (Å²) in [5.41, 5.74) is 2.13. The maximum absolute atomic E-state index is 11.2. The van der Waals surface area contributed by atoms with Gasteiger partial charge >= 0.3 is 0 Å². The van der Waals surface area contributed by atoms with E-state index in [1.54, 1.807) is 0 Å². The largest absolute Gasteiger partial charge is 0.385 e. The van der Waals surface area contributed by atoms with Crippen LogP contribution < -0.4 is 0 Å². The number of hydrogen-bond donors (Lipinski definition) is 1. The second-order valence-electron chi connectivity index (χ2n) is 6.72. The van der Waals surface area contributed by atoms with Crippen LogP contribution in [0, 0.1) is 0 Å². The lowest BCUT2D eigenvalue weighted by molar-refractivity contribution is -0.142. The fraction of sp³-hybridized carbons (Fsp3) is 0.684. The van der Waals surface area contributed by atoms with Crippen molar-refractivity contribution in [2.24, 2.45) is 0 Å². The van der Waals surface area contributed by atoms with E-state index in [9.17, 15) is 5.11 Å². The van der Waals surface area contributed by atoms with Crippen LogP contribution in [0.1, 0.15) is 81.4 Å². The summed E-state index contributed by atoms with van der Waals surface area (Å²) in [4.78, 5) is 0. The molecule has 1 aromatic carbocycles. The normalized spacial score (nSPS) is 23.5. The Balaban J connectivity index is 1.90.